The van der Waals surface area contributed by atoms with E-state index in [4.69, 9.17) is 4.74 Å². The quantitative estimate of drug-likeness (QED) is 0.466. The van der Waals surface area contributed by atoms with Crippen molar-refractivity contribution in [3.8, 4) is 17.2 Å². The van der Waals surface area contributed by atoms with E-state index < -0.39 is 5.54 Å². The van der Waals surface area contributed by atoms with E-state index in [0.717, 1.165) is 48.6 Å². The summed E-state index contributed by atoms with van der Waals surface area (Å²) in [5, 5.41) is 18.5. The Morgan fingerprint density at radius 2 is 2.15 bits per heavy atom. The Morgan fingerprint density at radius 3 is 2.85 bits per heavy atom. The predicted octanol–water partition coefficient (Wildman–Crippen LogP) is 4.13. The summed E-state index contributed by atoms with van der Waals surface area (Å²) >= 11 is 1.58. The van der Waals surface area contributed by atoms with E-state index in [1.54, 1.807) is 29.4 Å². The fourth-order valence-electron chi connectivity index (χ4n) is 4.75. The molecule has 2 aromatic rings. The second kappa shape index (κ2) is 10.4. The van der Waals surface area contributed by atoms with Gasteiger partial charge in [0.25, 0.3) is 0 Å². The highest BCUT2D eigenvalue weighted by Crippen LogP contribution is 2.43. The lowest BCUT2D eigenvalue weighted by Crippen LogP contribution is -2.60. The van der Waals surface area contributed by atoms with Crippen LogP contribution in [-0.2, 0) is 15.1 Å². The van der Waals surface area contributed by atoms with Gasteiger partial charge in [0.05, 0.1) is 17.6 Å². The minimum Gasteiger partial charge on any atom is -0.381 e. The van der Waals surface area contributed by atoms with E-state index in [-0.39, 0.29) is 11.8 Å². The fraction of sp³-hybridized carbons (Fsp3) is 0.370. The molecule has 2 aliphatic heterocycles. The second-order valence-corrected chi connectivity index (χ2v) is 9.61. The van der Waals surface area contributed by atoms with Crippen LogP contribution in [0.5, 0.6) is 0 Å². The third kappa shape index (κ3) is 4.59. The number of amides is 1. The minimum absolute atomic E-state index is 0.0139. The summed E-state index contributed by atoms with van der Waals surface area (Å²) in [5.74, 6) is 0.205. The number of nitriles is 1. The lowest BCUT2D eigenvalue weighted by molar-refractivity contribution is -0.138. The summed E-state index contributed by atoms with van der Waals surface area (Å²) in [4.78, 5) is 16.1. The zero-order valence-electron chi connectivity index (χ0n) is 19.5. The average Bonchev–Trinajstić information content (AvgIpc) is 3.38. The van der Waals surface area contributed by atoms with Crippen LogP contribution in [0.1, 0.15) is 29.7 Å². The van der Waals surface area contributed by atoms with Gasteiger partial charge in [-0.2, -0.15) is 5.26 Å². The topological polar surface area (TPSA) is 77.4 Å². The average molecular weight is 475 g/mol. The summed E-state index contributed by atoms with van der Waals surface area (Å²) in [6.45, 7) is 10.2. The summed E-state index contributed by atoms with van der Waals surface area (Å²) in [6.07, 6.45) is 4.47. The fourth-order valence-corrected chi connectivity index (χ4v) is 5.88. The Kier molecular flexibility index (Phi) is 7.35. The standard InChI is InChI=1S/C27H30N4O2S/c1-4-25-30-27(5-2,24-16-21(18-34-24)20-8-6-7-19(15-20)17-28)23(26(32)31(25)3)9-12-29-22-10-13-33-14-11-22/h5-8,15-16,18,22-23,29-30H,1-2,9-14H2,3H3. The van der Waals surface area contributed by atoms with Crippen molar-refractivity contribution >= 4 is 17.2 Å². The van der Waals surface area contributed by atoms with E-state index >= 15 is 0 Å². The van der Waals surface area contributed by atoms with Gasteiger partial charge in [-0.3, -0.25) is 9.69 Å². The lowest BCUT2D eigenvalue weighted by atomic mass is 9.77. The second-order valence-electron chi connectivity index (χ2n) is 8.70. The zero-order valence-corrected chi connectivity index (χ0v) is 20.3. The van der Waals surface area contributed by atoms with Crippen LogP contribution in [0.2, 0.25) is 0 Å². The van der Waals surface area contributed by atoms with Gasteiger partial charge in [0, 0.05) is 31.2 Å². The van der Waals surface area contributed by atoms with Crippen molar-refractivity contribution in [2.24, 2.45) is 5.92 Å². The molecule has 7 heteroatoms. The summed E-state index contributed by atoms with van der Waals surface area (Å²) < 4.78 is 5.46. The van der Waals surface area contributed by atoms with Gasteiger partial charge in [0.1, 0.15) is 5.54 Å². The molecule has 34 heavy (non-hydrogen) atoms. The van der Waals surface area contributed by atoms with Gasteiger partial charge in [-0.05, 0) is 60.5 Å². The molecule has 1 amide bonds. The Morgan fingerprint density at radius 1 is 1.35 bits per heavy atom. The molecule has 0 aliphatic carbocycles. The van der Waals surface area contributed by atoms with Gasteiger partial charge in [0.15, 0.2) is 5.82 Å². The molecule has 6 nitrogen and oxygen atoms in total. The van der Waals surface area contributed by atoms with Crippen LogP contribution in [0.4, 0.5) is 0 Å². The molecule has 0 radical (unpaired) electrons. The SMILES string of the molecule is C=C=C1NC(C=C)(c2cc(-c3cccc(C#N)c3)cs2)C(CCNC2CCOCC2)C(=O)N1C. The van der Waals surface area contributed by atoms with E-state index in [1.165, 1.54) is 0 Å². The van der Waals surface area contributed by atoms with Crippen LogP contribution in [0, 0.1) is 17.2 Å². The molecule has 176 valence electrons. The van der Waals surface area contributed by atoms with Crippen LogP contribution in [0.15, 0.2) is 66.5 Å². The molecular weight excluding hydrogens is 444 g/mol. The normalized spacial score (nSPS) is 23.2. The Hall–Kier alpha value is -3.14. The summed E-state index contributed by atoms with van der Waals surface area (Å²) in [6, 6.07) is 12.3. The van der Waals surface area contributed by atoms with Gasteiger partial charge in [-0.15, -0.1) is 17.9 Å². The number of nitrogens with one attached hydrogen (secondary N) is 2. The molecule has 2 aliphatic rings. The molecule has 0 spiro atoms. The van der Waals surface area contributed by atoms with Crippen LogP contribution < -0.4 is 10.6 Å². The van der Waals surface area contributed by atoms with Gasteiger partial charge < -0.3 is 15.4 Å². The first-order valence-corrected chi connectivity index (χ1v) is 12.4. The van der Waals surface area contributed by atoms with E-state index in [0.29, 0.717) is 23.8 Å². The summed E-state index contributed by atoms with van der Waals surface area (Å²) in [5.41, 5.74) is 4.69. The number of benzene rings is 1. The van der Waals surface area contributed by atoms with Crippen molar-refractivity contribution in [1.82, 2.24) is 15.5 Å². The van der Waals surface area contributed by atoms with Crippen molar-refractivity contribution < 1.29 is 9.53 Å². The summed E-state index contributed by atoms with van der Waals surface area (Å²) in [7, 11) is 1.75. The van der Waals surface area contributed by atoms with Crippen molar-refractivity contribution in [1.29, 1.82) is 5.26 Å². The molecule has 3 heterocycles. The van der Waals surface area contributed by atoms with Crippen LogP contribution >= 0.6 is 11.3 Å². The molecule has 0 bridgehead atoms. The van der Waals surface area contributed by atoms with E-state index in [9.17, 15) is 10.1 Å². The first kappa shape index (κ1) is 24.0. The molecule has 2 atom stereocenters. The molecule has 1 aromatic carbocycles. The maximum atomic E-state index is 13.6. The third-order valence-electron chi connectivity index (χ3n) is 6.75. The number of hydrogen-bond acceptors (Lipinski definition) is 6. The zero-order chi connectivity index (χ0) is 24.1. The molecule has 1 aromatic heterocycles. The third-order valence-corrected chi connectivity index (χ3v) is 7.83. The molecule has 2 unspecified atom stereocenters. The predicted molar refractivity (Wildman–Crippen MR) is 135 cm³/mol. The molecule has 4 rings (SSSR count). The smallest absolute Gasteiger partial charge is 0.234 e. The highest BCUT2D eigenvalue weighted by Gasteiger charge is 2.49. The molecule has 2 saturated heterocycles. The van der Waals surface area contributed by atoms with Crippen LogP contribution in [0.3, 0.4) is 0 Å². The van der Waals surface area contributed by atoms with Crippen molar-refractivity contribution in [2.75, 3.05) is 26.8 Å². The maximum Gasteiger partial charge on any atom is 0.234 e. The van der Waals surface area contributed by atoms with Gasteiger partial charge in [-0.25, -0.2) is 0 Å². The van der Waals surface area contributed by atoms with E-state index in [1.807, 2.05) is 24.3 Å². The van der Waals surface area contributed by atoms with Gasteiger partial charge in [-0.1, -0.05) is 30.5 Å². The highest BCUT2D eigenvalue weighted by atomic mass is 32.1. The highest BCUT2D eigenvalue weighted by molar-refractivity contribution is 7.10. The Labute approximate surface area is 205 Å². The van der Waals surface area contributed by atoms with Crippen molar-refractivity contribution in [3.63, 3.8) is 0 Å². The van der Waals surface area contributed by atoms with Crippen LogP contribution in [0.25, 0.3) is 11.1 Å². The lowest BCUT2D eigenvalue weighted by Gasteiger charge is -2.46. The monoisotopic (exact) mass is 474 g/mol. The molecule has 2 N–H and O–H groups in total. The van der Waals surface area contributed by atoms with Crippen LogP contribution in [-0.4, -0.2) is 43.7 Å². The van der Waals surface area contributed by atoms with E-state index in [2.05, 4.69) is 47.0 Å². The van der Waals surface area contributed by atoms with Crippen molar-refractivity contribution in [2.45, 2.75) is 30.8 Å². The Balaban J connectivity index is 1.65. The number of rotatable bonds is 7. The molecular formula is C27H30N4O2S. The number of carbonyl (C=O) groups excluding carboxylic acids is 1. The maximum absolute atomic E-state index is 13.6. The number of carbonyl (C=O) groups is 1. The number of ether oxygens (including phenoxy) is 1. The number of nitrogens with zero attached hydrogens (tertiary/aromatic N) is 2. The Bertz CT molecular complexity index is 1150. The molecule has 2 fully saturated rings. The largest absolute Gasteiger partial charge is 0.381 e. The minimum atomic E-state index is -0.781. The van der Waals surface area contributed by atoms with Gasteiger partial charge in [0.2, 0.25) is 5.91 Å². The van der Waals surface area contributed by atoms with Crippen molar-refractivity contribution in [3.05, 3.63) is 76.9 Å². The first-order chi connectivity index (χ1) is 16.5. The molecule has 0 saturated carbocycles. The number of thiophene rings is 1. The van der Waals surface area contributed by atoms with Gasteiger partial charge >= 0.3 is 0 Å². The first-order valence-electron chi connectivity index (χ1n) is 11.5. The number of hydrogen-bond donors (Lipinski definition) is 2.